The summed E-state index contributed by atoms with van der Waals surface area (Å²) in [7, 11) is 0. The van der Waals surface area contributed by atoms with Crippen molar-refractivity contribution < 1.29 is 13.6 Å². The number of nitrogens with zero attached hydrogens (tertiary/aromatic N) is 2. The normalized spacial score (nSPS) is 16.6. The number of para-hydroxylation sites is 1. The van der Waals surface area contributed by atoms with Crippen LogP contribution >= 0.6 is 0 Å². The SMILES string of the molecule is O=C1C[C@@H](c2ccccc2F)c2ncn(-c3ccccc3F)c2N1. The maximum atomic E-state index is 14.2. The van der Waals surface area contributed by atoms with Gasteiger partial charge in [-0.3, -0.25) is 9.36 Å². The summed E-state index contributed by atoms with van der Waals surface area (Å²) in [4.78, 5) is 16.4. The van der Waals surface area contributed by atoms with Gasteiger partial charge in [-0.2, -0.15) is 0 Å². The van der Waals surface area contributed by atoms with Crippen LogP contribution in [0.1, 0.15) is 23.6 Å². The quantitative estimate of drug-likeness (QED) is 0.782. The number of nitrogens with one attached hydrogen (secondary N) is 1. The Morgan fingerprint density at radius 1 is 1.04 bits per heavy atom. The van der Waals surface area contributed by atoms with Crippen LogP contribution in [-0.2, 0) is 4.79 Å². The number of hydrogen-bond donors (Lipinski definition) is 1. The van der Waals surface area contributed by atoms with Gasteiger partial charge in [0, 0.05) is 12.3 Å². The van der Waals surface area contributed by atoms with Crippen molar-refractivity contribution in [2.45, 2.75) is 12.3 Å². The Morgan fingerprint density at radius 2 is 1.75 bits per heavy atom. The van der Waals surface area contributed by atoms with Crippen LogP contribution in [-0.4, -0.2) is 15.5 Å². The number of halogens is 2. The minimum Gasteiger partial charge on any atom is -0.310 e. The number of anilines is 1. The summed E-state index contributed by atoms with van der Waals surface area (Å²) < 4.78 is 29.7. The highest BCUT2D eigenvalue weighted by Gasteiger charge is 2.32. The molecule has 2 heterocycles. The number of benzene rings is 2. The van der Waals surface area contributed by atoms with Crippen molar-refractivity contribution in [3.05, 3.63) is 77.8 Å². The van der Waals surface area contributed by atoms with Crippen LogP contribution in [0, 0.1) is 11.6 Å². The van der Waals surface area contributed by atoms with Gasteiger partial charge in [0.1, 0.15) is 23.8 Å². The summed E-state index contributed by atoms with van der Waals surface area (Å²) in [5.74, 6) is -1.19. The first kappa shape index (κ1) is 14.6. The first-order chi connectivity index (χ1) is 11.6. The molecule has 0 saturated carbocycles. The summed E-state index contributed by atoms with van der Waals surface area (Å²) in [5, 5.41) is 2.73. The Balaban J connectivity index is 1.87. The van der Waals surface area contributed by atoms with E-state index in [1.54, 1.807) is 36.4 Å². The number of rotatable bonds is 2. The van der Waals surface area contributed by atoms with E-state index in [-0.39, 0.29) is 23.8 Å². The van der Waals surface area contributed by atoms with Crippen molar-refractivity contribution in [2.75, 3.05) is 5.32 Å². The van der Waals surface area contributed by atoms with Crippen molar-refractivity contribution in [2.24, 2.45) is 0 Å². The maximum absolute atomic E-state index is 14.2. The Kier molecular flexibility index (Phi) is 3.37. The smallest absolute Gasteiger partial charge is 0.226 e. The average Bonchev–Trinajstić information content (AvgIpc) is 2.99. The second kappa shape index (κ2) is 5.56. The van der Waals surface area contributed by atoms with Crippen LogP contribution in [0.15, 0.2) is 54.9 Å². The van der Waals surface area contributed by atoms with Gasteiger partial charge >= 0.3 is 0 Å². The van der Waals surface area contributed by atoms with Crippen molar-refractivity contribution in [3.63, 3.8) is 0 Å². The molecule has 2 aromatic carbocycles. The molecule has 0 spiro atoms. The minimum atomic E-state index is -0.497. The van der Waals surface area contributed by atoms with Gasteiger partial charge in [-0.25, -0.2) is 13.8 Å². The number of hydrogen-bond acceptors (Lipinski definition) is 2. The number of aromatic nitrogens is 2. The van der Waals surface area contributed by atoms with Gasteiger partial charge in [-0.15, -0.1) is 0 Å². The van der Waals surface area contributed by atoms with E-state index in [4.69, 9.17) is 0 Å². The highest BCUT2D eigenvalue weighted by Crippen LogP contribution is 2.38. The molecule has 1 amide bonds. The molecule has 1 aromatic heterocycles. The molecule has 120 valence electrons. The zero-order valence-corrected chi connectivity index (χ0v) is 12.5. The summed E-state index contributed by atoms with van der Waals surface area (Å²) in [6, 6.07) is 12.5. The predicted octanol–water partition coefficient (Wildman–Crippen LogP) is 3.62. The number of carbonyl (C=O) groups is 1. The van der Waals surface area contributed by atoms with E-state index in [0.29, 0.717) is 17.1 Å². The summed E-state index contributed by atoms with van der Waals surface area (Å²) in [5.41, 5.74) is 1.22. The summed E-state index contributed by atoms with van der Waals surface area (Å²) >= 11 is 0. The largest absolute Gasteiger partial charge is 0.310 e. The molecule has 0 radical (unpaired) electrons. The van der Waals surface area contributed by atoms with Gasteiger partial charge in [0.15, 0.2) is 0 Å². The number of fused-ring (bicyclic) bond motifs is 1. The van der Waals surface area contributed by atoms with Crippen LogP contribution in [0.25, 0.3) is 5.69 Å². The zero-order chi connectivity index (χ0) is 16.7. The first-order valence-electron chi connectivity index (χ1n) is 7.51. The zero-order valence-electron chi connectivity index (χ0n) is 12.5. The minimum absolute atomic E-state index is 0.0994. The highest BCUT2D eigenvalue weighted by molar-refractivity contribution is 5.94. The van der Waals surface area contributed by atoms with Gasteiger partial charge in [0.05, 0.1) is 11.4 Å². The second-order valence-corrected chi connectivity index (χ2v) is 5.63. The lowest BCUT2D eigenvalue weighted by molar-refractivity contribution is -0.116. The number of imidazole rings is 1. The van der Waals surface area contributed by atoms with E-state index in [1.807, 2.05) is 0 Å². The van der Waals surface area contributed by atoms with E-state index >= 15 is 0 Å². The maximum Gasteiger partial charge on any atom is 0.226 e. The molecule has 1 N–H and O–H groups in total. The molecule has 0 unspecified atom stereocenters. The molecular weight excluding hydrogens is 312 g/mol. The van der Waals surface area contributed by atoms with Crippen LogP contribution in [0.4, 0.5) is 14.6 Å². The monoisotopic (exact) mass is 325 g/mol. The molecule has 0 bridgehead atoms. The van der Waals surface area contributed by atoms with Crippen LogP contribution < -0.4 is 5.32 Å². The molecule has 3 aromatic rings. The standard InChI is InChI=1S/C18H13F2N3O/c19-13-6-2-1-5-11(13)12-9-16(24)22-18-17(12)21-10-23(18)15-8-4-3-7-14(15)20/h1-8,10,12H,9H2,(H,22,24)/t12-/m0/s1. The van der Waals surface area contributed by atoms with Crippen molar-refractivity contribution in [1.82, 2.24) is 9.55 Å². The highest BCUT2D eigenvalue weighted by atomic mass is 19.1. The lowest BCUT2D eigenvalue weighted by Crippen LogP contribution is -2.25. The number of carbonyl (C=O) groups excluding carboxylic acids is 1. The van der Waals surface area contributed by atoms with E-state index in [2.05, 4.69) is 10.3 Å². The lowest BCUT2D eigenvalue weighted by Gasteiger charge is -2.23. The van der Waals surface area contributed by atoms with Gasteiger partial charge in [-0.1, -0.05) is 30.3 Å². The molecular formula is C18H13F2N3O. The van der Waals surface area contributed by atoms with E-state index in [9.17, 15) is 13.6 Å². The Hall–Kier alpha value is -3.02. The molecule has 0 saturated heterocycles. The fourth-order valence-electron chi connectivity index (χ4n) is 3.05. The Morgan fingerprint density at radius 3 is 2.50 bits per heavy atom. The van der Waals surface area contributed by atoms with E-state index in [0.717, 1.165) is 0 Å². The molecule has 0 fully saturated rings. The predicted molar refractivity (Wildman–Crippen MR) is 85.0 cm³/mol. The van der Waals surface area contributed by atoms with Gasteiger partial charge < -0.3 is 5.32 Å². The molecule has 1 atom stereocenters. The molecule has 6 heteroatoms. The molecule has 4 rings (SSSR count). The van der Waals surface area contributed by atoms with Crippen molar-refractivity contribution in [1.29, 1.82) is 0 Å². The van der Waals surface area contributed by atoms with Crippen LogP contribution in [0.2, 0.25) is 0 Å². The molecule has 24 heavy (non-hydrogen) atoms. The third-order valence-corrected chi connectivity index (χ3v) is 4.17. The van der Waals surface area contributed by atoms with Gasteiger partial charge in [0.2, 0.25) is 5.91 Å². The van der Waals surface area contributed by atoms with Crippen molar-refractivity contribution in [3.8, 4) is 5.69 Å². The molecule has 1 aliphatic rings. The molecule has 4 nitrogen and oxygen atoms in total. The summed E-state index contributed by atoms with van der Waals surface area (Å²) in [6.45, 7) is 0. The van der Waals surface area contributed by atoms with Crippen LogP contribution in [0.3, 0.4) is 0 Å². The molecule has 0 aliphatic carbocycles. The van der Waals surface area contributed by atoms with Crippen LogP contribution in [0.5, 0.6) is 0 Å². The van der Waals surface area contributed by atoms with Crippen molar-refractivity contribution >= 4 is 11.7 Å². The van der Waals surface area contributed by atoms with E-state index < -0.39 is 11.7 Å². The lowest BCUT2D eigenvalue weighted by atomic mass is 9.89. The van der Waals surface area contributed by atoms with Gasteiger partial charge in [-0.05, 0) is 23.8 Å². The average molecular weight is 325 g/mol. The first-order valence-corrected chi connectivity index (χ1v) is 7.51. The fourth-order valence-corrected chi connectivity index (χ4v) is 3.05. The molecule has 1 aliphatic heterocycles. The van der Waals surface area contributed by atoms with E-state index in [1.165, 1.54) is 23.0 Å². The topological polar surface area (TPSA) is 46.9 Å². The second-order valence-electron chi connectivity index (χ2n) is 5.63. The number of amides is 1. The third-order valence-electron chi connectivity index (χ3n) is 4.17. The Bertz CT molecular complexity index is 936. The summed E-state index contributed by atoms with van der Waals surface area (Å²) in [6.07, 6.45) is 1.55. The third kappa shape index (κ3) is 2.27. The van der Waals surface area contributed by atoms with Gasteiger partial charge in [0.25, 0.3) is 0 Å². The Labute approximate surface area is 136 Å². The fraction of sp³-hybridized carbons (Fsp3) is 0.111.